The molecule has 19 heavy (non-hydrogen) atoms. The number of carbonyl (C=O) groups is 1. The summed E-state index contributed by atoms with van der Waals surface area (Å²) in [6.07, 6.45) is 2.04. The molecule has 0 radical (unpaired) electrons. The molecule has 1 aliphatic rings. The van der Waals surface area contributed by atoms with Gasteiger partial charge in [-0.25, -0.2) is 5.06 Å². The van der Waals surface area contributed by atoms with E-state index in [4.69, 9.17) is 16.4 Å². The molecular formula is C15H20ClNO2. The fourth-order valence-corrected chi connectivity index (χ4v) is 2.53. The van der Waals surface area contributed by atoms with E-state index in [1.54, 1.807) is 0 Å². The topological polar surface area (TPSA) is 29.5 Å². The normalized spacial score (nSPS) is 17.6. The Morgan fingerprint density at radius 1 is 1.26 bits per heavy atom. The van der Waals surface area contributed by atoms with Crippen LogP contribution in [0.5, 0.6) is 0 Å². The number of hydrogen-bond acceptors (Lipinski definition) is 2. The van der Waals surface area contributed by atoms with Crippen molar-refractivity contribution in [3.05, 3.63) is 34.9 Å². The van der Waals surface area contributed by atoms with Crippen molar-refractivity contribution in [2.75, 3.05) is 13.2 Å². The van der Waals surface area contributed by atoms with E-state index in [-0.39, 0.29) is 17.7 Å². The minimum atomic E-state index is -0.171. The van der Waals surface area contributed by atoms with Crippen molar-refractivity contribution < 1.29 is 9.63 Å². The SMILES string of the molecule is CC(C)C(C(=O)N1CCCCO1)c1ccc(Cl)cc1. The summed E-state index contributed by atoms with van der Waals surface area (Å²) in [5.41, 5.74) is 0.999. The highest BCUT2D eigenvalue weighted by Crippen LogP contribution is 2.28. The van der Waals surface area contributed by atoms with Gasteiger partial charge in [0.1, 0.15) is 0 Å². The van der Waals surface area contributed by atoms with Crippen LogP contribution in [0.1, 0.15) is 38.2 Å². The molecule has 1 aromatic carbocycles. The number of nitrogens with zero attached hydrogens (tertiary/aromatic N) is 1. The third-order valence-electron chi connectivity index (χ3n) is 3.41. The first-order chi connectivity index (χ1) is 9.09. The third kappa shape index (κ3) is 3.48. The van der Waals surface area contributed by atoms with E-state index in [1.165, 1.54) is 5.06 Å². The van der Waals surface area contributed by atoms with Crippen LogP contribution in [0.3, 0.4) is 0 Å². The molecule has 3 nitrogen and oxygen atoms in total. The van der Waals surface area contributed by atoms with E-state index in [9.17, 15) is 4.79 Å². The quantitative estimate of drug-likeness (QED) is 0.847. The van der Waals surface area contributed by atoms with E-state index in [2.05, 4.69) is 13.8 Å². The number of halogens is 1. The van der Waals surface area contributed by atoms with Gasteiger partial charge in [-0.3, -0.25) is 9.63 Å². The second-order valence-electron chi connectivity index (χ2n) is 5.25. The first kappa shape index (κ1) is 14.4. The largest absolute Gasteiger partial charge is 0.272 e. The summed E-state index contributed by atoms with van der Waals surface area (Å²) in [4.78, 5) is 18.1. The molecule has 1 aromatic rings. The van der Waals surface area contributed by atoms with Crippen LogP contribution in [0, 0.1) is 5.92 Å². The van der Waals surface area contributed by atoms with Crippen LogP contribution < -0.4 is 0 Å². The Balaban J connectivity index is 2.19. The molecule has 1 aliphatic heterocycles. The molecule has 2 rings (SSSR count). The highest BCUT2D eigenvalue weighted by molar-refractivity contribution is 6.30. The molecule has 1 atom stereocenters. The van der Waals surface area contributed by atoms with Gasteiger partial charge < -0.3 is 0 Å². The fraction of sp³-hybridized carbons (Fsp3) is 0.533. The van der Waals surface area contributed by atoms with E-state index in [0.29, 0.717) is 18.2 Å². The smallest absolute Gasteiger partial charge is 0.253 e. The fourth-order valence-electron chi connectivity index (χ4n) is 2.41. The van der Waals surface area contributed by atoms with Crippen molar-refractivity contribution in [1.82, 2.24) is 5.06 Å². The average Bonchev–Trinajstić information content (AvgIpc) is 2.42. The Labute approximate surface area is 119 Å². The van der Waals surface area contributed by atoms with Gasteiger partial charge in [-0.05, 0) is 36.5 Å². The van der Waals surface area contributed by atoms with Crippen LogP contribution in [-0.2, 0) is 9.63 Å². The van der Waals surface area contributed by atoms with Crippen LogP contribution in [0.4, 0.5) is 0 Å². The number of benzene rings is 1. The van der Waals surface area contributed by atoms with Crippen molar-refractivity contribution in [2.45, 2.75) is 32.6 Å². The molecule has 0 N–H and O–H groups in total. The zero-order valence-electron chi connectivity index (χ0n) is 11.4. The molecule has 0 spiro atoms. The molecular weight excluding hydrogens is 262 g/mol. The zero-order chi connectivity index (χ0) is 13.8. The van der Waals surface area contributed by atoms with Crippen LogP contribution >= 0.6 is 11.6 Å². The summed E-state index contributed by atoms with van der Waals surface area (Å²) in [5.74, 6) is 0.103. The molecule has 1 fully saturated rings. The van der Waals surface area contributed by atoms with Crippen LogP contribution in [0.2, 0.25) is 5.02 Å². The summed E-state index contributed by atoms with van der Waals surface area (Å²) in [7, 11) is 0. The third-order valence-corrected chi connectivity index (χ3v) is 3.66. The number of hydrogen-bond donors (Lipinski definition) is 0. The Hall–Kier alpha value is -1.06. The van der Waals surface area contributed by atoms with Gasteiger partial charge in [0, 0.05) is 11.6 Å². The first-order valence-corrected chi connectivity index (χ1v) is 7.17. The van der Waals surface area contributed by atoms with Gasteiger partial charge in [-0.15, -0.1) is 0 Å². The van der Waals surface area contributed by atoms with E-state index >= 15 is 0 Å². The number of hydroxylamine groups is 2. The lowest BCUT2D eigenvalue weighted by Gasteiger charge is -2.31. The summed E-state index contributed by atoms with van der Waals surface area (Å²) >= 11 is 5.90. The summed E-state index contributed by atoms with van der Waals surface area (Å²) in [6, 6.07) is 7.51. The van der Waals surface area contributed by atoms with Gasteiger partial charge >= 0.3 is 0 Å². The maximum Gasteiger partial charge on any atom is 0.253 e. The lowest BCUT2D eigenvalue weighted by atomic mass is 9.87. The minimum Gasteiger partial charge on any atom is -0.272 e. The molecule has 1 heterocycles. The number of carbonyl (C=O) groups excluding carboxylic acids is 1. The van der Waals surface area contributed by atoms with E-state index in [0.717, 1.165) is 18.4 Å². The zero-order valence-corrected chi connectivity index (χ0v) is 12.2. The molecule has 1 unspecified atom stereocenters. The molecule has 1 saturated heterocycles. The van der Waals surface area contributed by atoms with Crippen molar-refractivity contribution in [2.24, 2.45) is 5.92 Å². The molecule has 4 heteroatoms. The lowest BCUT2D eigenvalue weighted by molar-refractivity contribution is -0.199. The second kappa shape index (κ2) is 6.40. The van der Waals surface area contributed by atoms with E-state index < -0.39 is 0 Å². The minimum absolute atomic E-state index is 0.0528. The summed E-state index contributed by atoms with van der Waals surface area (Å²) < 4.78 is 0. The number of rotatable bonds is 3. The molecule has 1 amide bonds. The van der Waals surface area contributed by atoms with Crippen molar-refractivity contribution >= 4 is 17.5 Å². The van der Waals surface area contributed by atoms with Gasteiger partial charge in [0.25, 0.3) is 5.91 Å². The van der Waals surface area contributed by atoms with Crippen molar-refractivity contribution in [3.63, 3.8) is 0 Å². The molecule has 0 aliphatic carbocycles. The number of amides is 1. The van der Waals surface area contributed by atoms with Crippen LogP contribution in [0.15, 0.2) is 24.3 Å². The van der Waals surface area contributed by atoms with Gasteiger partial charge in [-0.2, -0.15) is 0 Å². The first-order valence-electron chi connectivity index (χ1n) is 6.79. The molecule has 0 aromatic heterocycles. The molecule has 104 valence electrons. The van der Waals surface area contributed by atoms with Gasteiger partial charge in [0.2, 0.25) is 0 Å². The Morgan fingerprint density at radius 3 is 2.47 bits per heavy atom. The highest BCUT2D eigenvalue weighted by Gasteiger charge is 2.30. The maximum atomic E-state index is 12.6. The van der Waals surface area contributed by atoms with E-state index in [1.807, 2.05) is 24.3 Å². The van der Waals surface area contributed by atoms with Gasteiger partial charge in [-0.1, -0.05) is 37.6 Å². The summed E-state index contributed by atoms with van der Waals surface area (Å²) in [5, 5.41) is 2.22. The lowest BCUT2D eigenvalue weighted by Crippen LogP contribution is -2.40. The summed E-state index contributed by atoms with van der Waals surface area (Å²) in [6.45, 7) is 5.44. The predicted octanol–water partition coefficient (Wildman–Crippen LogP) is 3.63. The monoisotopic (exact) mass is 281 g/mol. The second-order valence-corrected chi connectivity index (χ2v) is 5.69. The van der Waals surface area contributed by atoms with Gasteiger partial charge in [0.15, 0.2) is 0 Å². The Morgan fingerprint density at radius 2 is 1.95 bits per heavy atom. The Kier molecular flexibility index (Phi) is 4.83. The molecule has 0 bridgehead atoms. The van der Waals surface area contributed by atoms with Crippen LogP contribution in [0.25, 0.3) is 0 Å². The van der Waals surface area contributed by atoms with Crippen molar-refractivity contribution in [3.8, 4) is 0 Å². The molecule has 0 saturated carbocycles. The average molecular weight is 282 g/mol. The maximum absolute atomic E-state index is 12.6. The Bertz CT molecular complexity index is 424. The highest BCUT2D eigenvalue weighted by atomic mass is 35.5. The van der Waals surface area contributed by atoms with Gasteiger partial charge in [0.05, 0.1) is 12.5 Å². The predicted molar refractivity (Wildman–Crippen MR) is 75.9 cm³/mol. The standard InChI is InChI=1S/C15H20ClNO2/c1-11(2)14(12-5-7-13(16)8-6-12)15(18)17-9-3-4-10-19-17/h5-8,11,14H,3-4,9-10H2,1-2H3. The van der Waals surface area contributed by atoms with Crippen molar-refractivity contribution in [1.29, 1.82) is 0 Å². The van der Waals surface area contributed by atoms with Crippen LogP contribution in [-0.4, -0.2) is 24.1 Å².